The second kappa shape index (κ2) is 8.21. The minimum absolute atomic E-state index is 0.0554. The number of fused-ring (bicyclic) bond motifs is 5. The Morgan fingerprint density at radius 3 is 2.56 bits per heavy atom. The van der Waals surface area contributed by atoms with E-state index in [-0.39, 0.29) is 49.9 Å². The lowest BCUT2D eigenvalue weighted by atomic mass is 9.62. The van der Waals surface area contributed by atoms with Crippen LogP contribution < -0.4 is 29.0 Å². The zero-order valence-electron chi connectivity index (χ0n) is 19.9. The topological polar surface area (TPSA) is 102 Å². The van der Waals surface area contributed by atoms with Crippen LogP contribution in [-0.4, -0.2) is 45.2 Å². The first-order valence-corrected chi connectivity index (χ1v) is 12.5. The summed E-state index contributed by atoms with van der Waals surface area (Å²) in [5.41, 5.74) is 2.41. The molecule has 3 heterocycles. The number of rotatable bonds is 4. The Hall–Kier alpha value is -3.62. The largest absolute Gasteiger partial charge is 0.492 e. The summed E-state index contributed by atoms with van der Waals surface area (Å²) in [6, 6.07) is 7.82. The molecule has 5 aliphatic rings. The van der Waals surface area contributed by atoms with Crippen molar-refractivity contribution >= 4 is 11.9 Å². The van der Waals surface area contributed by atoms with Gasteiger partial charge in [-0.3, -0.25) is 9.59 Å². The number of carbonyl (C=O) groups excluding carboxylic acids is 2. The van der Waals surface area contributed by atoms with Crippen LogP contribution in [0.5, 0.6) is 28.7 Å². The Kier molecular flexibility index (Phi) is 4.94. The fourth-order valence-electron chi connectivity index (χ4n) is 6.66. The summed E-state index contributed by atoms with van der Waals surface area (Å²) < 4.78 is 34.1. The van der Waals surface area contributed by atoms with Crippen molar-refractivity contribution in [2.45, 2.75) is 43.6 Å². The average Bonchev–Trinajstić information content (AvgIpc) is 3.68. The average molecular weight is 494 g/mol. The van der Waals surface area contributed by atoms with Crippen molar-refractivity contribution in [2.24, 2.45) is 11.8 Å². The lowest BCUT2D eigenvalue weighted by molar-refractivity contribution is -0.139. The van der Waals surface area contributed by atoms with Gasteiger partial charge < -0.3 is 33.7 Å². The molecular formula is C27H27NO8. The van der Waals surface area contributed by atoms with E-state index in [1.54, 1.807) is 7.11 Å². The van der Waals surface area contributed by atoms with Gasteiger partial charge in [0.15, 0.2) is 23.0 Å². The molecule has 1 N–H and O–H groups in total. The normalized spacial score (nSPS) is 27.4. The van der Waals surface area contributed by atoms with Crippen LogP contribution in [0.1, 0.15) is 54.2 Å². The van der Waals surface area contributed by atoms with Crippen LogP contribution in [0.4, 0.5) is 0 Å². The number of methoxy groups -OCH3 is 1. The van der Waals surface area contributed by atoms with Crippen molar-refractivity contribution in [3.8, 4) is 28.7 Å². The first-order chi connectivity index (χ1) is 17.6. The molecule has 1 saturated carbocycles. The van der Waals surface area contributed by atoms with Crippen molar-refractivity contribution in [2.75, 3.05) is 27.3 Å². The number of nitrogens with one attached hydrogen (secondary N) is 1. The van der Waals surface area contributed by atoms with Crippen LogP contribution in [0.15, 0.2) is 24.3 Å². The Morgan fingerprint density at radius 1 is 0.944 bits per heavy atom. The molecule has 0 unspecified atom stereocenters. The minimum atomic E-state index is -0.631. The highest BCUT2D eigenvalue weighted by Gasteiger charge is 2.56. The molecule has 7 rings (SSSR count). The van der Waals surface area contributed by atoms with E-state index in [0.717, 1.165) is 36.8 Å². The molecule has 0 bridgehead atoms. The first-order valence-electron chi connectivity index (χ1n) is 12.5. The summed E-state index contributed by atoms with van der Waals surface area (Å²) in [7, 11) is 1.56. The molecule has 2 aromatic carbocycles. The predicted molar refractivity (Wildman–Crippen MR) is 125 cm³/mol. The third-order valence-electron chi connectivity index (χ3n) is 8.22. The maximum atomic E-state index is 14.0. The standard InChI is InChI=1S/C27H27NO8/c1-31-25-21-15(9-19-24(25)36-12-35-19)20(13-6-7-17-18(8-13)34-11-33-17)22(16-10-32-27(30)23(16)21)26(29)28-14-4-2-3-5-14/h6-9,14,16,20,22-23H,2-5,10-12H2,1H3,(H,28,29)/t16-,20+,22-,23-/m0/s1. The van der Waals surface area contributed by atoms with Crippen molar-refractivity contribution in [1.29, 1.82) is 0 Å². The molecule has 9 nitrogen and oxygen atoms in total. The summed E-state index contributed by atoms with van der Waals surface area (Å²) in [6.45, 7) is 0.392. The second-order valence-corrected chi connectivity index (χ2v) is 10.0. The lowest BCUT2D eigenvalue weighted by Crippen LogP contribution is -2.46. The van der Waals surface area contributed by atoms with E-state index in [1.165, 1.54) is 0 Å². The van der Waals surface area contributed by atoms with Gasteiger partial charge in [-0.1, -0.05) is 18.9 Å². The highest BCUT2D eigenvalue weighted by Crippen LogP contribution is 2.59. The maximum absolute atomic E-state index is 14.0. The maximum Gasteiger partial charge on any atom is 0.314 e. The molecule has 0 radical (unpaired) electrons. The number of esters is 1. The molecular weight excluding hydrogens is 466 g/mol. The van der Waals surface area contributed by atoms with Gasteiger partial charge in [0, 0.05) is 23.4 Å². The molecule has 0 aromatic heterocycles. The van der Waals surface area contributed by atoms with Crippen LogP contribution in [0, 0.1) is 11.8 Å². The molecule has 4 atom stereocenters. The van der Waals surface area contributed by atoms with Gasteiger partial charge in [0.1, 0.15) is 0 Å². The zero-order chi connectivity index (χ0) is 24.4. The van der Waals surface area contributed by atoms with E-state index in [0.29, 0.717) is 34.3 Å². The molecule has 36 heavy (non-hydrogen) atoms. The van der Waals surface area contributed by atoms with E-state index in [1.807, 2.05) is 24.3 Å². The van der Waals surface area contributed by atoms with Gasteiger partial charge in [-0.2, -0.15) is 0 Å². The SMILES string of the molecule is COc1c2c(cc3c1[C@H]1C(=O)OC[C@H]1[C@H](C(=O)NC1CCCC1)[C@@H]3c1ccc3c(c1)OCO3)OCO2. The van der Waals surface area contributed by atoms with E-state index in [4.69, 9.17) is 28.4 Å². The molecule has 0 spiro atoms. The van der Waals surface area contributed by atoms with Crippen molar-refractivity contribution < 1.29 is 38.0 Å². The lowest BCUT2D eigenvalue weighted by Gasteiger charge is -2.40. The van der Waals surface area contributed by atoms with E-state index >= 15 is 0 Å². The van der Waals surface area contributed by atoms with E-state index < -0.39 is 11.8 Å². The Bertz CT molecular complexity index is 1250. The number of benzene rings is 2. The molecule has 188 valence electrons. The van der Waals surface area contributed by atoms with Gasteiger partial charge in [0.05, 0.1) is 25.6 Å². The van der Waals surface area contributed by atoms with Crippen LogP contribution in [0.25, 0.3) is 0 Å². The molecule has 3 aliphatic heterocycles. The van der Waals surface area contributed by atoms with Crippen LogP contribution >= 0.6 is 0 Å². The molecule has 2 aromatic rings. The van der Waals surface area contributed by atoms with Gasteiger partial charge in [0.25, 0.3) is 0 Å². The highest BCUT2D eigenvalue weighted by atomic mass is 16.7. The molecule has 1 saturated heterocycles. The van der Waals surface area contributed by atoms with Crippen LogP contribution in [0.2, 0.25) is 0 Å². The number of hydrogen-bond donors (Lipinski definition) is 1. The quantitative estimate of drug-likeness (QED) is 0.648. The van der Waals surface area contributed by atoms with Crippen LogP contribution in [0.3, 0.4) is 0 Å². The minimum Gasteiger partial charge on any atom is -0.492 e. The zero-order valence-corrected chi connectivity index (χ0v) is 19.9. The fraction of sp³-hybridized carbons (Fsp3) is 0.481. The van der Waals surface area contributed by atoms with E-state index in [9.17, 15) is 9.59 Å². The summed E-state index contributed by atoms with van der Waals surface area (Å²) in [6.07, 6.45) is 4.16. The molecule has 2 aliphatic carbocycles. The van der Waals surface area contributed by atoms with Crippen LogP contribution in [-0.2, 0) is 14.3 Å². The van der Waals surface area contributed by atoms with Crippen molar-refractivity contribution in [1.82, 2.24) is 5.32 Å². The summed E-state index contributed by atoms with van der Waals surface area (Å²) in [4.78, 5) is 27.1. The molecule has 1 amide bonds. The van der Waals surface area contributed by atoms with Gasteiger partial charge >= 0.3 is 5.97 Å². The summed E-state index contributed by atoms with van der Waals surface area (Å²) in [5.74, 6) is 0.500. The number of hydrogen-bond acceptors (Lipinski definition) is 8. The van der Waals surface area contributed by atoms with Crippen molar-refractivity contribution in [3.63, 3.8) is 0 Å². The first kappa shape index (κ1) is 21.6. The third-order valence-corrected chi connectivity index (χ3v) is 8.22. The Morgan fingerprint density at radius 2 is 1.72 bits per heavy atom. The monoisotopic (exact) mass is 493 g/mol. The Balaban J connectivity index is 1.43. The van der Waals surface area contributed by atoms with Crippen molar-refractivity contribution in [3.05, 3.63) is 41.0 Å². The summed E-state index contributed by atoms with van der Waals surface area (Å²) >= 11 is 0. The number of ether oxygens (including phenoxy) is 6. The van der Waals surface area contributed by atoms with Gasteiger partial charge in [-0.25, -0.2) is 0 Å². The van der Waals surface area contributed by atoms with Gasteiger partial charge in [-0.05, 0) is 42.2 Å². The predicted octanol–water partition coefficient (Wildman–Crippen LogP) is 3.23. The number of amides is 1. The molecule has 2 fully saturated rings. The number of carbonyl (C=O) groups is 2. The van der Waals surface area contributed by atoms with Gasteiger partial charge in [-0.15, -0.1) is 0 Å². The van der Waals surface area contributed by atoms with E-state index in [2.05, 4.69) is 5.32 Å². The smallest absolute Gasteiger partial charge is 0.314 e. The third kappa shape index (κ3) is 3.14. The Labute approximate surface area is 207 Å². The molecule has 9 heteroatoms. The van der Waals surface area contributed by atoms with Gasteiger partial charge in [0.2, 0.25) is 25.2 Å². The number of cyclic esters (lactones) is 1. The highest BCUT2D eigenvalue weighted by molar-refractivity contribution is 5.89. The second-order valence-electron chi connectivity index (χ2n) is 10.0. The fourth-order valence-corrected chi connectivity index (χ4v) is 6.66. The summed E-state index contributed by atoms with van der Waals surface area (Å²) in [5, 5.41) is 3.29.